The topological polar surface area (TPSA) is 64.4 Å². The zero-order chi connectivity index (χ0) is 22.3. The number of rotatable bonds is 9. The first-order valence-corrected chi connectivity index (χ1v) is 11.7. The predicted octanol–water partition coefficient (Wildman–Crippen LogP) is 5.69. The van der Waals surface area contributed by atoms with Crippen LogP contribution in [0.3, 0.4) is 0 Å². The summed E-state index contributed by atoms with van der Waals surface area (Å²) in [6, 6.07) is 21.1. The minimum absolute atomic E-state index is 0.197. The number of aliphatic carboxylic acids is 1. The smallest absolute Gasteiger partial charge is 0.329 e. The van der Waals surface area contributed by atoms with Crippen molar-refractivity contribution >= 4 is 5.97 Å². The summed E-state index contributed by atoms with van der Waals surface area (Å²) in [6.07, 6.45) is 5.37. The molecule has 0 unspecified atom stereocenters. The summed E-state index contributed by atoms with van der Waals surface area (Å²) in [4.78, 5) is 10.7. The van der Waals surface area contributed by atoms with Gasteiger partial charge in [-0.3, -0.25) is 4.68 Å². The lowest BCUT2D eigenvalue weighted by Crippen LogP contribution is -2.23. The molecule has 0 bridgehead atoms. The standard InChI is InChI=1S/C27H32N2O3/c1-2-24-26(22-9-5-3-6-10-22)27(23-11-7-4-8-12-23)28-29(24)17-20-13-15-21(16-14-20)18-32-19-25(30)31/h3-12,20-21H,2,13-19H2,1H3,(H,30,31). The Morgan fingerprint density at radius 2 is 1.56 bits per heavy atom. The Morgan fingerprint density at radius 3 is 2.16 bits per heavy atom. The Morgan fingerprint density at radius 1 is 0.969 bits per heavy atom. The zero-order valence-electron chi connectivity index (χ0n) is 18.7. The molecule has 0 atom stereocenters. The molecule has 1 aromatic heterocycles. The van der Waals surface area contributed by atoms with Crippen LogP contribution in [-0.2, 0) is 22.5 Å². The van der Waals surface area contributed by atoms with Gasteiger partial charge in [0.25, 0.3) is 0 Å². The lowest BCUT2D eigenvalue weighted by atomic mass is 9.82. The second-order valence-corrected chi connectivity index (χ2v) is 8.73. The van der Waals surface area contributed by atoms with Gasteiger partial charge in [0, 0.05) is 23.4 Å². The molecule has 1 N–H and O–H groups in total. The van der Waals surface area contributed by atoms with Crippen molar-refractivity contribution in [3.63, 3.8) is 0 Å². The average Bonchev–Trinajstić information content (AvgIpc) is 3.19. The van der Waals surface area contributed by atoms with Gasteiger partial charge in [-0.15, -0.1) is 0 Å². The number of carboxylic acid groups (broad SMARTS) is 1. The number of carbonyl (C=O) groups is 1. The normalized spacial score (nSPS) is 18.5. The highest BCUT2D eigenvalue weighted by molar-refractivity contribution is 5.82. The maximum atomic E-state index is 10.7. The fourth-order valence-corrected chi connectivity index (χ4v) is 4.85. The molecule has 0 spiro atoms. The van der Waals surface area contributed by atoms with E-state index < -0.39 is 5.97 Å². The molecule has 1 saturated carbocycles. The Hall–Kier alpha value is -2.92. The molecule has 0 amide bonds. The van der Waals surface area contributed by atoms with E-state index in [9.17, 15) is 4.79 Å². The Bertz CT molecular complexity index is 1010. The van der Waals surface area contributed by atoms with Gasteiger partial charge in [-0.2, -0.15) is 5.10 Å². The van der Waals surface area contributed by atoms with Crippen LogP contribution in [0.4, 0.5) is 0 Å². The van der Waals surface area contributed by atoms with E-state index in [0.29, 0.717) is 18.4 Å². The largest absolute Gasteiger partial charge is 0.480 e. The van der Waals surface area contributed by atoms with Crippen LogP contribution in [0.25, 0.3) is 22.4 Å². The quantitative estimate of drug-likeness (QED) is 0.472. The van der Waals surface area contributed by atoms with Crippen LogP contribution in [0.15, 0.2) is 60.7 Å². The molecule has 5 heteroatoms. The Labute approximate surface area is 190 Å². The average molecular weight is 433 g/mol. The van der Waals surface area contributed by atoms with Crippen molar-refractivity contribution in [1.82, 2.24) is 9.78 Å². The van der Waals surface area contributed by atoms with Gasteiger partial charge < -0.3 is 9.84 Å². The number of nitrogens with zero attached hydrogens (tertiary/aromatic N) is 2. The van der Waals surface area contributed by atoms with E-state index in [1.807, 2.05) is 6.07 Å². The van der Waals surface area contributed by atoms with E-state index in [-0.39, 0.29) is 6.61 Å². The molecule has 168 valence electrons. The third-order valence-corrected chi connectivity index (χ3v) is 6.48. The molecule has 3 aromatic rings. The molecular weight excluding hydrogens is 400 g/mol. The fraction of sp³-hybridized carbons (Fsp3) is 0.407. The van der Waals surface area contributed by atoms with E-state index in [2.05, 4.69) is 66.2 Å². The van der Waals surface area contributed by atoms with Crippen LogP contribution >= 0.6 is 0 Å². The van der Waals surface area contributed by atoms with E-state index >= 15 is 0 Å². The zero-order valence-corrected chi connectivity index (χ0v) is 18.7. The van der Waals surface area contributed by atoms with Crippen molar-refractivity contribution in [2.24, 2.45) is 11.8 Å². The van der Waals surface area contributed by atoms with Gasteiger partial charge in [0.2, 0.25) is 0 Å². The van der Waals surface area contributed by atoms with E-state index in [1.54, 1.807) is 0 Å². The molecule has 2 aromatic carbocycles. The SMILES string of the molecule is CCc1c(-c2ccccc2)c(-c2ccccc2)nn1CC1CCC(COCC(=O)O)CC1. The van der Waals surface area contributed by atoms with Crippen molar-refractivity contribution in [2.75, 3.05) is 13.2 Å². The number of carboxylic acids is 1. The molecule has 1 heterocycles. The minimum atomic E-state index is -0.895. The summed E-state index contributed by atoms with van der Waals surface area (Å²) in [6.45, 7) is 3.50. The first kappa shape index (κ1) is 22.3. The Kier molecular flexibility index (Phi) is 7.38. The summed E-state index contributed by atoms with van der Waals surface area (Å²) < 4.78 is 7.57. The van der Waals surface area contributed by atoms with Crippen LogP contribution in [0.5, 0.6) is 0 Å². The number of hydrogen-bond donors (Lipinski definition) is 1. The second kappa shape index (κ2) is 10.6. The van der Waals surface area contributed by atoms with E-state index in [0.717, 1.165) is 49.9 Å². The van der Waals surface area contributed by atoms with Crippen LogP contribution in [0.1, 0.15) is 38.3 Å². The van der Waals surface area contributed by atoms with Crippen molar-refractivity contribution in [3.05, 3.63) is 66.4 Å². The maximum absolute atomic E-state index is 10.7. The Balaban J connectivity index is 1.54. The van der Waals surface area contributed by atoms with Crippen molar-refractivity contribution in [1.29, 1.82) is 0 Å². The molecule has 1 aliphatic carbocycles. The summed E-state index contributed by atoms with van der Waals surface area (Å²) in [5.41, 5.74) is 5.97. The van der Waals surface area contributed by atoms with Crippen LogP contribution in [-0.4, -0.2) is 34.1 Å². The highest BCUT2D eigenvalue weighted by Crippen LogP contribution is 2.36. The first-order chi connectivity index (χ1) is 15.7. The summed E-state index contributed by atoms with van der Waals surface area (Å²) in [5, 5.41) is 13.9. The fourth-order valence-electron chi connectivity index (χ4n) is 4.85. The van der Waals surface area contributed by atoms with Gasteiger partial charge in [0.05, 0.1) is 6.61 Å². The molecule has 4 rings (SSSR count). The van der Waals surface area contributed by atoms with Gasteiger partial charge in [-0.25, -0.2) is 4.79 Å². The summed E-state index contributed by atoms with van der Waals surface area (Å²) in [5.74, 6) is 0.157. The highest BCUT2D eigenvalue weighted by atomic mass is 16.5. The van der Waals surface area contributed by atoms with Gasteiger partial charge in [0.15, 0.2) is 0 Å². The van der Waals surface area contributed by atoms with Gasteiger partial charge >= 0.3 is 5.97 Å². The molecule has 32 heavy (non-hydrogen) atoms. The lowest BCUT2D eigenvalue weighted by Gasteiger charge is -2.28. The van der Waals surface area contributed by atoms with E-state index in [1.165, 1.54) is 16.8 Å². The van der Waals surface area contributed by atoms with Crippen molar-refractivity contribution in [3.8, 4) is 22.4 Å². The monoisotopic (exact) mass is 432 g/mol. The van der Waals surface area contributed by atoms with Gasteiger partial charge in [-0.1, -0.05) is 67.6 Å². The third-order valence-electron chi connectivity index (χ3n) is 6.48. The van der Waals surface area contributed by atoms with Crippen LogP contribution in [0.2, 0.25) is 0 Å². The number of aromatic nitrogens is 2. The first-order valence-electron chi connectivity index (χ1n) is 11.7. The molecule has 1 aliphatic rings. The van der Waals surface area contributed by atoms with E-state index in [4.69, 9.17) is 14.9 Å². The predicted molar refractivity (Wildman–Crippen MR) is 126 cm³/mol. The van der Waals surface area contributed by atoms with Crippen molar-refractivity contribution < 1.29 is 14.6 Å². The third kappa shape index (κ3) is 5.28. The molecule has 0 aliphatic heterocycles. The second-order valence-electron chi connectivity index (χ2n) is 8.73. The summed E-state index contributed by atoms with van der Waals surface area (Å²) >= 11 is 0. The molecule has 1 fully saturated rings. The number of ether oxygens (including phenoxy) is 1. The lowest BCUT2D eigenvalue weighted by molar-refractivity contribution is -0.142. The highest BCUT2D eigenvalue weighted by Gasteiger charge is 2.25. The van der Waals surface area contributed by atoms with Gasteiger partial charge in [-0.05, 0) is 49.5 Å². The minimum Gasteiger partial charge on any atom is -0.480 e. The molecule has 5 nitrogen and oxygen atoms in total. The molecular formula is C27H32N2O3. The summed E-state index contributed by atoms with van der Waals surface area (Å²) in [7, 11) is 0. The van der Waals surface area contributed by atoms with Gasteiger partial charge in [0.1, 0.15) is 12.3 Å². The van der Waals surface area contributed by atoms with Crippen LogP contribution < -0.4 is 0 Å². The van der Waals surface area contributed by atoms with Crippen LogP contribution in [0, 0.1) is 11.8 Å². The molecule has 0 radical (unpaired) electrons. The van der Waals surface area contributed by atoms with Crippen molar-refractivity contribution in [2.45, 2.75) is 45.6 Å². The number of benzene rings is 2. The maximum Gasteiger partial charge on any atom is 0.329 e. The molecule has 0 saturated heterocycles. The number of hydrogen-bond acceptors (Lipinski definition) is 3.